The van der Waals surface area contributed by atoms with E-state index in [9.17, 15) is 0 Å². The molecule has 0 aliphatic carbocycles. The van der Waals surface area contributed by atoms with Crippen LogP contribution in [0.15, 0.2) is 35.7 Å². The van der Waals surface area contributed by atoms with Crippen LogP contribution in [0.3, 0.4) is 0 Å². The number of nitrogen functional groups attached to an aromatic ring is 1. The highest BCUT2D eigenvalue weighted by Crippen LogP contribution is 2.15. The fourth-order valence-corrected chi connectivity index (χ4v) is 1.89. The fraction of sp³-hybridized carbons (Fsp3) is 0.250. The van der Waals surface area contributed by atoms with Gasteiger partial charge in [-0.3, -0.25) is 4.98 Å². The van der Waals surface area contributed by atoms with E-state index in [1.54, 1.807) is 12.3 Å². The molecule has 5 nitrogen and oxygen atoms in total. The summed E-state index contributed by atoms with van der Waals surface area (Å²) >= 11 is 1.47. The van der Waals surface area contributed by atoms with Crippen LogP contribution in [0.2, 0.25) is 0 Å². The number of anilines is 2. The maximum Gasteiger partial charge on any atom is 0.191 e. The minimum atomic E-state index is 0.484. The second-order valence-electron chi connectivity index (χ2n) is 3.70. The zero-order chi connectivity index (χ0) is 12.8. The molecule has 2 heterocycles. The van der Waals surface area contributed by atoms with E-state index in [2.05, 4.69) is 26.3 Å². The molecule has 0 spiro atoms. The van der Waals surface area contributed by atoms with Crippen molar-refractivity contribution < 1.29 is 0 Å². The van der Waals surface area contributed by atoms with E-state index in [0.29, 0.717) is 11.0 Å². The predicted octanol–water partition coefficient (Wildman–Crippen LogP) is 1.83. The predicted molar refractivity (Wildman–Crippen MR) is 74.7 cm³/mol. The van der Waals surface area contributed by atoms with Crippen LogP contribution in [0, 0.1) is 0 Å². The van der Waals surface area contributed by atoms with Crippen LogP contribution in [-0.4, -0.2) is 27.8 Å². The zero-order valence-electron chi connectivity index (χ0n) is 10.1. The third kappa shape index (κ3) is 3.59. The first-order valence-electron chi connectivity index (χ1n) is 5.59. The number of hydrogen-bond acceptors (Lipinski definition) is 6. The lowest BCUT2D eigenvalue weighted by Crippen LogP contribution is -2.08. The van der Waals surface area contributed by atoms with Crippen LogP contribution in [-0.2, 0) is 6.42 Å². The molecule has 0 atom stereocenters. The van der Waals surface area contributed by atoms with Crippen LogP contribution >= 0.6 is 11.8 Å². The minimum absolute atomic E-state index is 0.484. The molecule has 0 saturated carbocycles. The highest BCUT2D eigenvalue weighted by Gasteiger charge is 2.01. The Balaban J connectivity index is 1.92. The van der Waals surface area contributed by atoms with Gasteiger partial charge in [-0.1, -0.05) is 17.8 Å². The summed E-state index contributed by atoms with van der Waals surface area (Å²) in [7, 11) is 0. The number of rotatable bonds is 5. The van der Waals surface area contributed by atoms with Crippen molar-refractivity contribution in [3.63, 3.8) is 0 Å². The molecule has 0 unspecified atom stereocenters. The van der Waals surface area contributed by atoms with E-state index in [-0.39, 0.29) is 0 Å². The third-order valence-corrected chi connectivity index (χ3v) is 2.90. The molecule has 6 heteroatoms. The monoisotopic (exact) mass is 261 g/mol. The summed E-state index contributed by atoms with van der Waals surface area (Å²) in [6.45, 7) is 0.788. The third-order valence-electron chi connectivity index (χ3n) is 2.35. The number of aromatic nitrogens is 3. The second kappa shape index (κ2) is 6.20. The molecule has 0 bridgehead atoms. The van der Waals surface area contributed by atoms with Gasteiger partial charge in [-0.05, 0) is 24.3 Å². The maximum atomic E-state index is 5.70. The average Bonchev–Trinajstić information content (AvgIpc) is 2.39. The molecule has 2 aromatic heterocycles. The molecule has 0 saturated heterocycles. The second-order valence-corrected chi connectivity index (χ2v) is 4.48. The Morgan fingerprint density at radius 1 is 1.39 bits per heavy atom. The van der Waals surface area contributed by atoms with E-state index < -0.39 is 0 Å². The molecule has 3 N–H and O–H groups in total. The van der Waals surface area contributed by atoms with Gasteiger partial charge in [0.25, 0.3) is 0 Å². The molecule has 0 radical (unpaired) electrons. The number of nitrogens with one attached hydrogen (secondary N) is 1. The van der Waals surface area contributed by atoms with Gasteiger partial charge < -0.3 is 11.1 Å². The smallest absolute Gasteiger partial charge is 0.191 e. The molecule has 0 aliphatic rings. The number of nitrogens with zero attached hydrogens (tertiary/aromatic N) is 3. The first kappa shape index (κ1) is 12.6. The SMILES string of the molecule is CSc1nc(N)cc(NCCc2cccnc2)n1. The quantitative estimate of drug-likeness (QED) is 0.631. The average molecular weight is 261 g/mol. The molecule has 0 aromatic carbocycles. The largest absolute Gasteiger partial charge is 0.383 e. The molecule has 0 fully saturated rings. The Morgan fingerprint density at radius 3 is 3.00 bits per heavy atom. The highest BCUT2D eigenvalue weighted by atomic mass is 32.2. The summed E-state index contributed by atoms with van der Waals surface area (Å²) in [5.74, 6) is 1.24. The first-order valence-corrected chi connectivity index (χ1v) is 6.82. The summed E-state index contributed by atoms with van der Waals surface area (Å²) in [6.07, 6.45) is 6.46. The van der Waals surface area contributed by atoms with Crippen LogP contribution < -0.4 is 11.1 Å². The summed E-state index contributed by atoms with van der Waals surface area (Å²) in [5.41, 5.74) is 6.90. The molecule has 0 amide bonds. The van der Waals surface area contributed by atoms with Crippen LogP contribution in [0.4, 0.5) is 11.6 Å². The van der Waals surface area contributed by atoms with E-state index in [4.69, 9.17) is 5.73 Å². The summed E-state index contributed by atoms with van der Waals surface area (Å²) in [6, 6.07) is 5.73. The minimum Gasteiger partial charge on any atom is -0.383 e. The molecule has 2 rings (SSSR count). The molecular formula is C12H15N5S. The normalized spacial score (nSPS) is 10.3. The van der Waals surface area contributed by atoms with Gasteiger partial charge in [0.15, 0.2) is 5.16 Å². The Hall–Kier alpha value is -1.82. The van der Waals surface area contributed by atoms with Crippen LogP contribution in [0.1, 0.15) is 5.56 Å². The van der Waals surface area contributed by atoms with Crippen molar-refractivity contribution in [2.75, 3.05) is 23.9 Å². The summed E-state index contributed by atoms with van der Waals surface area (Å²) in [4.78, 5) is 12.5. The Labute approximate surface area is 110 Å². The summed E-state index contributed by atoms with van der Waals surface area (Å²) in [5, 5.41) is 3.92. The van der Waals surface area contributed by atoms with E-state index >= 15 is 0 Å². The first-order chi connectivity index (χ1) is 8.78. The molecule has 94 valence electrons. The lowest BCUT2D eigenvalue weighted by Gasteiger charge is -2.07. The van der Waals surface area contributed by atoms with Crippen molar-refractivity contribution in [1.29, 1.82) is 0 Å². The Morgan fingerprint density at radius 2 is 2.28 bits per heavy atom. The number of hydrogen-bond donors (Lipinski definition) is 2. The van der Waals surface area contributed by atoms with Crippen molar-refractivity contribution in [2.24, 2.45) is 0 Å². The van der Waals surface area contributed by atoms with E-state index in [0.717, 1.165) is 18.8 Å². The molecule has 18 heavy (non-hydrogen) atoms. The van der Waals surface area contributed by atoms with E-state index in [1.807, 2.05) is 18.5 Å². The van der Waals surface area contributed by atoms with Crippen molar-refractivity contribution in [1.82, 2.24) is 15.0 Å². The molecule has 2 aromatic rings. The van der Waals surface area contributed by atoms with Gasteiger partial charge in [-0.2, -0.15) is 0 Å². The van der Waals surface area contributed by atoms with Gasteiger partial charge in [0, 0.05) is 25.0 Å². The standard InChI is InChI=1S/C12H15N5S/c1-18-12-16-10(13)7-11(17-12)15-6-4-9-3-2-5-14-8-9/h2-3,5,7-8H,4,6H2,1H3,(H3,13,15,16,17). The van der Waals surface area contributed by atoms with Gasteiger partial charge >= 0.3 is 0 Å². The zero-order valence-corrected chi connectivity index (χ0v) is 10.9. The molecule has 0 aliphatic heterocycles. The number of thioether (sulfide) groups is 1. The topological polar surface area (TPSA) is 76.7 Å². The lowest BCUT2D eigenvalue weighted by atomic mass is 10.2. The summed E-state index contributed by atoms with van der Waals surface area (Å²) < 4.78 is 0. The van der Waals surface area contributed by atoms with Gasteiger partial charge in [0.05, 0.1) is 0 Å². The maximum absolute atomic E-state index is 5.70. The van der Waals surface area contributed by atoms with Gasteiger partial charge in [-0.25, -0.2) is 9.97 Å². The van der Waals surface area contributed by atoms with Crippen molar-refractivity contribution in [2.45, 2.75) is 11.6 Å². The van der Waals surface area contributed by atoms with Crippen LogP contribution in [0.25, 0.3) is 0 Å². The number of pyridine rings is 1. The van der Waals surface area contributed by atoms with Gasteiger partial charge in [-0.15, -0.1) is 0 Å². The Bertz CT molecular complexity index is 503. The number of nitrogens with two attached hydrogens (primary N) is 1. The van der Waals surface area contributed by atoms with Crippen molar-refractivity contribution >= 4 is 23.4 Å². The van der Waals surface area contributed by atoms with Crippen molar-refractivity contribution in [3.8, 4) is 0 Å². The Kier molecular flexibility index (Phi) is 4.35. The van der Waals surface area contributed by atoms with Gasteiger partial charge in [0.2, 0.25) is 0 Å². The highest BCUT2D eigenvalue weighted by molar-refractivity contribution is 7.98. The molecular weight excluding hydrogens is 246 g/mol. The van der Waals surface area contributed by atoms with Gasteiger partial charge in [0.1, 0.15) is 11.6 Å². The fourth-order valence-electron chi connectivity index (χ4n) is 1.51. The van der Waals surface area contributed by atoms with E-state index in [1.165, 1.54) is 17.3 Å². The van der Waals surface area contributed by atoms with Crippen molar-refractivity contribution in [3.05, 3.63) is 36.2 Å². The lowest BCUT2D eigenvalue weighted by molar-refractivity contribution is 0.943. The van der Waals surface area contributed by atoms with Crippen LogP contribution in [0.5, 0.6) is 0 Å².